The Bertz CT molecular complexity index is 835. The smallest absolute Gasteiger partial charge is 0.290 e. The van der Waals surface area contributed by atoms with E-state index in [4.69, 9.17) is 9.26 Å². The number of aryl methyl sites for hydroxylation is 1. The Kier molecular flexibility index (Phi) is 4.16. The zero-order valence-electron chi connectivity index (χ0n) is 13.3. The molecule has 2 N–H and O–H groups in total. The SMILES string of the molecule is COCc1cc(C(=O)N[C@H](C)c2ccc3[nH]c(C)cc3c2)on1. The highest BCUT2D eigenvalue weighted by Gasteiger charge is 2.16. The molecule has 0 unspecified atom stereocenters. The zero-order valence-corrected chi connectivity index (χ0v) is 13.3. The number of benzene rings is 1. The van der Waals surface area contributed by atoms with Gasteiger partial charge in [-0.1, -0.05) is 11.2 Å². The molecule has 6 heteroatoms. The highest BCUT2D eigenvalue weighted by Crippen LogP contribution is 2.21. The van der Waals surface area contributed by atoms with Gasteiger partial charge in [0, 0.05) is 24.4 Å². The molecule has 0 aliphatic heterocycles. The number of rotatable bonds is 5. The van der Waals surface area contributed by atoms with E-state index in [9.17, 15) is 4.79 Å². The van der Waals surface area contributed by atoms with Gasteiger partial charge in [0.05, 0.1) is 12.6 Å². The molecule has 2 aromatic heterocycles. The molecule has 1 atom stereocenters. The van der Waals surface area contributed by atoms with Crippen molar-refractivity contribution in [3.05, 3.63) is 53.0 Å². The first-order valence-corrected chi connectivity index (χ1v) is 7.41. The second-order valence-electron chi connectivity index (χ2n) is 5.61. The van der Waals surface area contributed by atoms with Gasteiger partial charge in [-0.15, -0.1) is 0 Å². The van der Waals surface area contributed by atoms with E-state index in [1.165, 1.54) is 0 Å². The van der Waals surface area contributed by atoms with Crippen molar-refractivity contribution < 1.29 is 14.1 Å². The number of nitrogens with one attached hydrogen (secondary N) is 2. The average molecular weight is 313 g/mol. The van der Waals surface area contributed by atoms with Crippen LogP contribution in [0.15, 0.2) is 34.9 Å². The van der Waals surface area contributed by atoms with Gasteiger partial charge in [0.1, 0.15) is 5.69 Å². The van der Waals surface area contributed by atoms with Crippen molar-refractivity contribution in [2.24, 2.45) is 0 Å². The van der Waals surface area contributed by atoms with Gasteiger partial charge in [-0.2, -0.15) is 0 Å². The van der Waals surface area contributed by atoms with Crippen molar-refractivity contribution in [1.82, 2.24) is 15.5 Å². The lowest BCUT2D eigenvalue weighted by Gasteiger charge is -2.13. The average Bonchev–Trinajstić information content (AvgIpc) is 3.12. The second kappa shape index (κ2) is 6.26. The second-order valence-corrected chi connectivity index (χ2v) is 5.61. The Hall–Kier alpha value is -2.60. The van der Waals surface area contributed by atoms with E-state index >= 15 is 0 Å². The summed E-state index contributed by atoms with van der Waals surface area (Å²) in [6, 6.07) is 9.62. The molecule has 0 spiro atoms. The molecule has 6 nitrogen and oxygen atoms in total. The lowest BCUT2D eigenvalue weighted by molar-refractivity contribution is 0.0902. The van der Waals surface area contributed by atoms with Crippen molar-refractivity contribution in [3.63, 3.8) is 0 Å². The molecule has 0 aliphatic carbocycles. The van der Waals surface area contributed by atoms with Gasteiger partial charge in [-0.3, -0.25) is 4.79 Å². The van der Waals surface area contributed by atoms with Crippen LogP contribution >= 0.6 is 0 Å². The summed E-state index contributed by atoms with van der Waals surface area (Å²) < 4.78 is 10.00. The van der Waals surface area contributed by atoms with E-state index in [-0.39, 0.29) is 17.7 Å². The quantitative estimate of drug-likeness (QED) is 0.758. The van der Waals surface area contributed by atoms with Crippen LogP contribution in [0.1, 0.15) is 40.5 Å². The van der Waals surface area contributed by atoms with Crippen LogP contribution in [0.3, 0.4) is 0 Å². The molecule has 23 heavy (non-hydrogen) atoms. The third kappa shape index (κ3) is 3.27. The van der Waals surface area contributed by atoms with Crippen LogP contribution < -0.4 is 5.32 Å². The van der Waals surface area contributed by atoms with Crippen molar-refractivity contribution in [3.8, 4) is 0 Å². The van der Waals surface area contributed by atoms with Crippen LogP contribution in [0, 0.1) is 6.92 Å². The molecule has 3 rings (SSSR count). The van der Waals surface area contributed by atoms with E-state index in [2.05, 4.69) is 27.6 Å². The first kappa shape index (κ1) is 15.3. The summed E-state index contributed by atoms with van der Waals surface area (Å²) in [6.45, 7) is 4.27. The van der Waals surface area contributed by atoms with Gasteiger partial charge in [0.15, 0.2) is 0 Å². The van der Waals surface area contributed by atoms with Gasteiger partial charge in [0.25, 0.3) is 5.91 Å². The Morgan fingerprint density at radius 1 is 1.39 bits per heavy atom. The number of carbonyl (C=O) groups excluding carboxylic acids is 1. The van der Waals surface area contributed by atoms with Gasteiger partial charge in [-0.05, 0) is 43.0 Å². The Morgan fingerprint density at radius 2 is 2.22 bits per heavy atom. The van der Waals surface area contributed by atoms with Crippen LogP contribution in [0.25, 0.3) is 10.9 Å². The van der Waals surface area contributed by atoms with Gasteiger partial charge >= 0.3 is 0 Å². The van der Waals surface area contributed by atoms with Crippen molar-refractivity contribution in [1.29, 1.82) is 0 Å². The minimum Gasteiger partial charge on any atom is -0.378 e. The largest absolute Gasteiger partial charge is 0.378 e. The number of fused-ring (bicyclic) bond motifs is 1. The number of methoxy groups -OCH3 is 1. The van der Waals surface area contributed by atoms with E-state index in [1.54, 1.807) is 13.2 Å². The maximum absolute atomic E-state index is 12.2. The third-order valence-electron chi connectivity index (χ3n) is 3.70. The van der Waals surface area contributed by atoms with E-state index in [1.807, 2.05) is 26.0 Å². The summed E-state index contributed by atoms with van der Waals surface area (Å²) in [6.07, 6.45) is 0. The predicted molar refractivity (Wildman–Crippen MR) is 86.1 cm³/mol. The highest BCUT2D eigenvalue weighted by atomic mass is 16.5. The highest BCUT2D eigenvalue weighted by molar-refractivity contribution is 5.91. The fourth-order valence-electron chi connectivity index (χ4n) is 2.55. The topological polar surface area (TPSA) is 80.1 Å². The van der Waals surface area contributed by atoms with Crippen LogP contribution in [0.4, 0.5) is 0 Å². The summed E-state index contributed by atoms with van der Waals surface area (Å²) >= 11 is 0. The monoisotopic (exact) mass is 313 g/mol. The third-order valence-corrected chi connectivity index (χ3v) is 3.70. The number of carbonyl (C=O) groups is 1. The van der Waals surface area contributed by atoms with Crippen LogP contribution in [-0.2, 0) is 11.3 Å². The number of ether oxygens (including phenoxy) is 1. The van der Waals surface area contributed by atoms with Crippen LogP contribution in [-0.4, -0.2) is 23.2 Å². The first-order chi connectivity index (χ1) is 11.1. The molecular weight excluding hydrogens is 294 g/mol. The van der Waals surface area contributed by atoms with E-state index in [0.717, 1.165) is 22.2 Å². The number of hydrogen-bond donors (Lipinski definition) is 2. The Balaban J connectivity index is 1.73. The Morgan fingerprint density at radius 3 is 3.00 bits per heavy atom. The molecule has 0 saturated carbocycles. The molecule has 0 aliphatic rings. The maximum atomic E-state index is 12.2. The molecule has 0 saturated heterocycles. The minimum atomic E-state index is -0.294. The standard InChI is InChI=1S/C17H19N3O3/c1-10-6-13-7-12(4-5-15(13)18-10)11(2)19-17(21)16-8-14(9-22-3)20-23-16/h4-8,11,18H,9H2,1-3H3,(H,19,21)/t11-/m1/s1. The molecular formula is C17H19N3O3. The number of H-pyrrole nitrogens is 1. The summed E-state index contributed by atoms with van der Waals surface area (Å²) in [4.78, 5) is 15.5. The lowest BCUT2D eigenvalue weighted by atomic mass is 10.1. The van der Waals surface area contributed by atoms with Crippen molar-refractivity contribution >= 4 is 16.8 Å². The molecule has 120 valence electrons. The fraction of sp³-hybridized carbons (Fsp3) is 0.294. The molecule has 1 amide bonds. The molecule has 0 radical (unpaired) electrons. The number of hydrogen-bond acceptors (Lipinski definition) is 4. The summed E-state index contributed by atoms with van der Waals surface area (Å²) in [7, 11) is 1.56. The van der Waals surface area contributed by atoms with Gasteiger partial charge in [0.2, 0.25) is 5.76 Å². The van der Waals surface area contributed by atoms with Crippen molar-refractivity contribution in [2.75, 3.05) is 7.11 Å². The summed E-state index contributed by atoms with van der Waals surface area (Å²) in [5.74, 6) is -0.111. The number of amides is 1. The lowest BCUT2D eigenvalue weighted by Crippen LogP contribution is -2.26. The van der Waals surface area contributed by atoms with E-state index < -0.39 is 0 Å². The van der Waals surface area contributed by atoms with Gasteiger partial charge < -0.3 is 19.6 Å². The Labute approximate surface area is 133 Å². The van der Waals surface area contributed by atoms with Crippen LogP contribution in [0.2, 0.25) is 0 Å². The molecule has 0 bridgehead atoms. The molecule has 3 aromatic rings. The predicted octanol–water partition coefficient (Wildman–Crippen LogP) is 3.10. The minimum absolute atomic E-state index is 0.141. The molecule has 2 heterocycles. The van der Waals surface area contributed by atoms with Crippen molar-refractivity contribution in [2.45, 2.75) is 26.5 Å². The van der Waals surface area contributed by atoms with E-state index in [0.29, 0.717) is 12.3 Å². The molecule has 1 aromatic carbocycles. The number of nitrogens with zero attached hydrogens (tertiary/aromatic N) is 1. The molecule has 0 fully saturated rings. The first-order valence-electron chi connectivity index (χ1n) is 7.41. The normalized spacial score (nSPS) is 12.5. The summed E-state index contributed by atoms with van der Waals surface area (Å²) in [5.41, 5.74) is 3.82. The zero-order chi connectivity index (χ0) is 16.4. The maximum Gasteiger partial charge on any atom is 0.290 e. The summed E-state index contributed by atoms with van der Waals surface area (Å²) in [5, 5.41) is 7.83. The number of aromatic nitrogens is 2. The number of aromatic amines is 1. The van der Waals surface area contributed by atoms with Gasteiger partial charge in [-0.25, -0.2) is 0 Å². The van der Waals surface area contributed by atoms with Crippen LogP contribution in [0.5, 0.6) is 0 Å². The fourth-order valence-corrected chi connectivity index (χ4v) is 2.55.